The zero-order valence-electron chi connectivity index (χ0n) is 9.56. The van der Waals surface area contributed by atoms with E-state index in [1.165, 1.54) is 0 Å². The molecule has 19 heavy (non-hydrogen) atoms. The molecule has 10 heteroatoms. The van der Waals surface area contributed by atoms with Crippen molar-refractivity contribution in [1.82, 2.24) is 9.55 Å². The molecule has 1 aliphatic rings. The van der Waals surface area contributed by atoms with Crippen molar-refractivity contribution >= 4 is 0 Å². The van der Waals surface area contributed by atoms with Gasteiger partial charge in [0.2, 0.25) is 5.82 Å². The van der Waals surface area contributed by atoms with Crippen LogP contribution >= 0.6 is 0 Å². The van der Waals surface area contributed by atoms with Crippen molar-refractivity contribution < 1.29 is 14.2 Å². The molecular weight excluding hydrogens is 261 g/mol. The Balaban J connectivity index is 2.28. The van der Waals surface area contributed by atoms with Gasteiger partial charge in [0.1, 0.15) is 6.10 Å². The molecule has 1 aromatic heterocycles. The number of nitrogens with zero attached hydrogens (tertiary/aromatic N) is 4. The molecule has 3 atom stereocenters. The van der Waals surface area contributed by atoms with E-state index in [1.54, 1.807) is 4.98 Å². The van der Waals surface area contributed by atoms with Crippen molar-refractivity contribution in [2.24, 2.45) is 5.11 Å². The highest BCUT2D eigenvalue weighted by atomic mass is 19.1. The lowest BCUT2D eigenvalue weighted by Crippen LogP contribution is -2.36. The molecule has 0 aliphatic carbocycles. The number of nitrogens with one attached hydrogen (secondary N) is 1. The van der Waals surface area contributed by atoms with Gasteiger partial charge in [-0.15, -0.1) is 0 Å². The molecule has 9 nitrogen and oxygen atoms in total. The number of aromatic nitrogens is 2. The Morgan fingerprint density at radius 1 is 1.68 bits per heavy atom. The maximum Gasteiger partial charge on any atom is 0.330 e. The second-order valence-corrected chi connectivity index (χ2v) is 4.01. The van der Waals surface area contributed by atoms with Gasteiger partial charge in [0.25, 0.3) is 5.56 Å². The highest BCUT2D eigenvalue weighted by molar-refractivity contribution is 4.91. The summed E-state index contributed by atoms with van der Waals surface area (Å²) in [6.07, 6.45) is -1.96. The van der Waals surface area contributed by atoms with Gasteiger partial charge >= 0.3 is 5.69 Å². The summed E-state index contributed by atoms with van der Waals surface area (Å²) in [4.78, 5) is 26.7. The van der Waals surface area contributed by atoms with Crippen LogP contribution in [0.15, 0.2) is 20.9 Å². The van der Waals surface area contributed by atoms with Crippen molar-refractivity contribution in [3.05, 3.63) is 43.3 Å². The van der Waals surface area contributed by atoms with Crippen LogP contribution in [0.3, 0.4) is 0 Å². The highest BCUT2D eigenvalue weighted by Gasteiger charge is 2.35. The number of aliphatic hydroxyl groups is 1. The first-order chi connectivity index (χ1) is 9.02. The van der Waals surface area contributed by atoms with Gasteiger partial charge in [-0.2, -0.15) is 4.39 Å². The summed E-state index contributed by atoms with van der Waals surface area (Å²) in [7, 11) is 0. The van der Waals surface area contributed by atoms with Crippen LogP contribution in [0.2, 0.25) is 0 Å². The fourth-order valence-corrected chi connectivity index (χ4v) is 1.88. The highest BCUT2D eigenvalue weighted by Crippen LogP contribution is 2.27. The maximum absolute atomic E-state index is 13.1. The predicted molar refractivity (Wildman–Crippen MR) is 59.8 cm³/mol. The molecule has 0 amide bonds. The third-order valence-corrected chi connectivity index (χ3v) is 2.71. The summed E-state index contributed by atoms with van der Waals surface area (Å²) >= 11 is 0. The van der Waals surface area contributed by atoms with Gasteiger partial charge in [0, 0.05) is 11.3 Å². The molecule has 1 aliphatic heterocycles. The van der Waals surface area contributed by atoms with Crippen molar-refractivity contribution in [1.29, 1.82) is 0 Å². The van der Waals surface area contributed by atoms with Gasteiger partial charge in [-0.3, -0.25) is 14.3 Å². The SMILES string of the molecule is [N-]=[N+]=NC[C@@H]1C[C@@H](O)[C@H](n2cc(F)c(=O)[nH]c2=O)O1. The Morgan fingerprint density at radius 3 is 3.11 bits per heavy atom. The molecular formula is C9H10FN5O4. The van der Waals surface area contributed by atoms with Crippen LogP contribution in [0.25, 0.3) is 10.4 Å². The number of aliphatic hydroxyl groups excluding tert-OH is 1. The van der Waals surface area contributed by atoms with Crippen LogP contribution in [-0.4, -0.2) is 33.4 Å². The second-order valence-electron chi connectivity index (χ2n) is 4.01. The van der Waals surface area contributed by atoms with Crippen molar-refractivity contribution in [3.63, 3.8) is 0 Å². The number of ether oxygens (including phenoxy) is 1. The topological polar surface area (TPSA) is 133 Å². The first-order valence-corrected chi connectivity index (χ1v) is 5.38. The smallest absolute Gasteiger partial charge is 0.330 e. The molecule has 2 heterocycles. The van der Waals surface area contributed by atoms with E-state index in [4.69, 9.17) is 10.3 Å². The van der Waals surface area contributed by atoms with Crippen LogP contribution in [0, 0.1) is 5.82 Å². The van der Waals surface area contributed by atoms with Crippen LogP contribution in [-0.2, 0) is 4.74 Å². The predicted octanol–water partition coefficient (Wildman–Crippen LogP) is -0.366. The summed E-state index contributed by atoms with van der Waals surface area (Å²) in [6, 6.07) is 0. The monoisotopic (exact) mass is 271 g/mol. The zero-order chi connectivity index (χ0) is 14.0. The number of halogens is 1. The lowest BCUT2D eigenvalue weighted by molar-refractivity contribution is -0.0377. The summed E-state index contributed by atoms with van der Waals surface area (Å²) in [6.45, 7) is -0.00928. The van der Waals surface area contributed by atoms with Gasteiger partial charge in [0.15, 0.2) is 6.23 Å². The summed E-state index contributed by atoms with van der Waals surface area (Å²) in [5.41, 5.74) is 6.15. The zero-order valence-corrected chi connectivity index (χ0v) is 9.56. The first-order valence-electron chi connectivity index (χ1n) is 5.38. The quantitative estimate of drug-likeness (QED) is 0.441. The molecule has 2 rings (SSSR count). The van der Waals surface area contributed by atoms with E-state index in [1.807, 2.05) is 0 Å². The lowest BCUT2D eigenvalue weighted by Gasteiger charge is -2.16. The Labute approximate surface area is 104 Å². The van der Waals surface area contributed by atoms with E-state index in [9.17, 15) is 19.1 Å². The number of rotatable bonds is 3. The molecule has 0 aromatic carbocycles. The van der Waals surface area contributed by atoms with E-state index < -0.39 is 35.5 Å². The van der Waals surface area contributed by atoms with Crippen molar-refractivity contribution in [3.8, 4) is 0 Å². The number of H-pyrrole nitrogens is 1. The summed E-state index contributed by atoms with van der Waals surface area (Å²) in [5.74, 6) is -1.16. The van der Waals surface area contributed by atoms with Crippen LogP contribution in [0.4, 0.5) is 4.39 Å². The molecule has 0 radical (unpaired) electrons. The Morgan fingerprint density at radius 2 is 2.42 bits per heavy atom. The van der Waals surface area contributed by atoms with E-state index in [2.05, 4.69) is 10.0 Å². The van der Waals surface area contributed by atoms with Gasteiger partial charge in [-0.1, -0.05) is 5.11 Å². The average molecular weight is 271 g/mol. The van der Waals surface area contributed by atoms with Gasteiger partial charge < -0.3 is 9.84 Å². The van der Waals surface area contributed by atoms with Crippen molar-refractivity contribution in [2.45, 2.75) is 24.9 Å². The summed E-state index contributed by atoms with van der Waals surface area (Å²) in [5, 5.41) is 13.1. The molecule has 1 saturated heterocycles. The van der Waals surface area contributed by atoms with E-state index in [0.29, 0.717) is 6.20 Å². The fourth-order valence-electron chi connectivity index (χ4n) is 1.88. The largest absolute Gasteiger partial charge is 0.388 e. The minimum absolute atomic E-state index is 0.00928. The molecule has 102 valence electrons. The van der Waals surface area contributed by atoms with Crippen LogP contribution < -0.4 is 11.2 Å². The third kappa shape index (κ3) is 2.65. The van der Waals surface area contributed by atoms with Crippen LogP contribution in [0.1, 0.15) is 12.6 Å². The fraction of sp³-hybridized carbons (Fsp3) is 0.556. The molecule has 2 N–H and O–H groups in total. The van der Waals surface area contributed by atoms with E-state index in [-0.39, 0.29) is 13.0 Å². The number of hydrogen-bond donors (Lipinski definition) is 2. The Kier molecular flexibility index (Phi) is 3.65. The minimum atomic E-state index is -1.16. The average Bonchev–Trinajstić information content (AvgIpc) is 2.72. The maximum atomic E-state index is 13.1. The lowest BCUT2D eigenvalue weighted by atomic mass is 10.2. The minimum Gasteiger partial charge on any atom is -0.388 e. The number of hydrogen-bond acceptors (Lipinski definition) is 5. The summed E-state index contributed by atoms with van der Waals surface area (Å²) < 4.78 is 19.2. The van der Waals surface area contributed by atoms with Gasteiger partial charge in [0.05, 0.1) is 18.8 Å². The van der Waals surface area contributed by atoms with E-state index >= 15 is 0 Å². The van der Waals surface area contributed by atoms with E-state index in [0.717, 1.165) is 4.57 Å². The van der Waals surface area contributed by atoms with Gasteiger partial charge in [-0.25, -0.2) is 4.79 Å². The molecule has 1 fully saturated rings. The molecule has 0 bridgehead atoms. The Hall–Kier alpha value is -2.16. The molecule has 0 saturated carbocycles. The second kappa shape index (κ2) is 5.22. The number of azide groups is 1. The molecule has 0 spiro atoms. The van der Waals surface area contributed by atoms with Gasteiger partial charge in [-0.05, 0) is 5.53 Å². The Bertz CT molecular complexity index is 634. The van der Waals surface area contributed by atoms with Crippen molar-refractivity contribution in [2.75, 3.05) is 6.54 Å². The molecule has 0 unspecified atom stereocenters. The first kappa shape index (κ1) is 13.3. The standard InChI is InChI=1S/C9H10FN5O4/c10-5-3-15(9(18)13-7(5)17)8-6(16)1-4(19-8)2-12-14-11/h3-4,6,8,16H,1-2H2,(H,13,17,18)/t4-,6+,8+/m0/s1. The normalized spacial score (nSPS) is 26.1. The van der Waals surface area contributed by atoms with Crippen LogP contribution in [0.5, 0.6) is 0 Å². The number of aromatic amines is 1. The molecule has 1 aromatic rings. The third-order valence-electron chi connectivity index (χ3n) is 2.71.